The van der Waals surface area contributed by atoms with Crippen LogP contribution in [0.1, 0.15) is 33.2 Å². The number of hydrogen-bond acceptors (Lipinski definition) is 7. The number of carbonyl (C=O) groups is 2. The fraction of sp³-hybridized carbons (Fsp3) is 0.222. The molecule has 142 valence electrons. The molecule has 0 radical (unpaired) electrons. The highest BCUT2D eigenvalue weighted by molar-refractivity contribution is 7.90. The Hall–Kier alpha value is -3.07. The van der Waals surface area contributed by atoms with E-state index in [2.05, 4.69) is 0 Å². The van der Waals surface area contributed by atoms with Gasteiger partial charge in [0.05, 0.1) is 10.5 Å². The van der Waals surface area contributed by atoms with E-state index in [4.69, 9.17) is 4.74 Å². The van der Waals surface area contributed by atoms with Gasteiger partial charge in [-0.25, -0.2) is 13.2 Å². The number of rotatable bonds is 6. The molecule has 8 nitrogen and oxygen atoms in total. The van der Waals surface area contributed by atoms with Crippen molar-refractivity contribution >= 4 is 27.3 Å². The van der Waals surface area contributed by atoms with Gasteiger partial charge in [0.2, 0.25) is 5.78 Å². The largest absolute Gasteiger partial charge is 0.451 e. The number of sulfone groups is 1. The van der Waals surface area contributed by atoms with Crippen LogP contribution in [0.15, 0.2) is 47.4 Å². The van der Waals surface area contributed by atoms with Gasteiger partial charge < -0.3 is 4.74 Å². The van der Waals surface area contributed by atoms with Gasteiger partial charge in [0.25, 0.3) is 5.69 Å². The van der Waals surface area contributed by atoms with Gasteiger partial charge >= 0.3 is 5.97 Å². The van der Waals surface area contributed by atoms with Crippen LogP contribution in [0.5, 0.6) is 0 Å². The van der Waals surface area contributed by atoms with Crippen molar-refractivity contribution in [2.75, 3.05) is 6.26 Å². The number of carbonyl (C=O) groups excluding carboxylic acids is 2. The van der Waals surface area contributed by atoms with Gasteiger partial charge in [-0.05, 0) is 26.0 Å². The van der Waals surface area contributed by atoms with Crippen LogP contribution in [-0.2, 0) is 14.6 Å². The first-order valence-corrected chi connectivity index (χ1v) is 9.70. The Bertz CT molecular complexity index is 1010. The molecule has 27 heavy (non-hydrogen) atoms. The number of benzene rings is 2. The van der Waals surface area contributed by atoms with E-state index >= 15 is 0 Å². The molecular weight excluding hydrogens is 374 g/mol. The van der Waals surface area contributed by atoms with Crippen LogP contribution < -0.4 is 0 Å². The second-order valence-electron chi connectivity index (χ2n) is 5.99. The highest BCUT2D eigenvalue weighted by atomic mass is 32.2. The van der Waals surface area contributed by atoms with Gasteiger partial charge in [0.15, 0.2) is 15.9 Å². The number of esters is 1. The minimum Gasteiger partial charge on any atom is -0.451 e. The number of ketones is 1. The maximum Gasteiger partial charge on any atom is 0.339 e. The summed E-state index contributed by atoms with van der Waals surface area (Å²) in [6.07, 6.45) is -0.288. The minimum atomic E-state index is -3.84. The summed E-state index contributed by atoms with van der Waals surface area (Å²) in [6, 6.07) is 9.60. The molecule has 0 spiro atoms. The molecule has 0 saturated carbocycles. The van der Waals surface area contributed by atoms with E-state index in [-0.39, 0.29) is 5.56 Å². The smallest absolute Gasteiger partial charge is 0.339 e. The van der Waals surface area contributed by atoms with Crippen molar-refractivity contribution in [3.63, 3.8) is 0 Å². The average Bonchev–Trinajstić information content (AvgIpc) is 2.60. The second-order valence-corrected chi connectivity index (χ2v) is 7.97. The zero-order chi connectivity index (χ0) is 20.4. The van der Waals surface area contributed by atoms with Crippen molar-refractivity contribution < 1.29 is 27.7 Å². The third-order valence-electron chi connectivity index (χ3n) is 3.78. The van der Waals surface area contributed by atoms with Crippen molar-refractivity contribution in [1.29, 1.82) is 0 Å². The summed E-state index contributed by atoms with van der Waals surface area (Å²) < 4.78 is 28.3. The number of aryl methyl sites for hydroxylation is 1. The third kappa shape index (κ3) is 4.76. The van der Waals surface area contributed by atoms with Crippen LogP contribution in [-0.4, -0.2) is 37.5 Å². The van der Waals surface area contributed by atoms with Gasteiger partial charge in [-0.3, -0.25) is 14.9 Å². The van der Waals surface area contributed by atoms with Gasteiger partial charge in [0.1, 0.15) is 4.90 Å². The summed E-state index contributed by atoms with van der Waals surface area (Å²) in [6.45, 7) is 3.25. The number of Topliss-reactive ketones (excluding diaryl/α,β-unsaturated/α-hetero) is 1. The van der Waals surface area contributed by atoms with Crippen LogP contribution in [0, 0.1) is 17.0 Å². The predicted molar refractivity (Wildman–Crippen MR) is 96.6 cm³/mol. The van der Waals surface area contributed by atoms with Crippen molar-refractivity contribution in [3.8, 4) is 0 Å². The normalized spacial score (nSPS) is 12.3. The fourth-order valence-electron chi connectivity index (χ4n) is 2.34. The maximum atomic E-state index is 12.3. The van der Waals surface area contributed by atoms with Crippen LogP contribution in [0.3, 0.4) is 0 Å². The Kier molecular flexibility index (Phi) is 5.75. The zero-order valence-electron chi connectivity index (χ0n) is 14.8. The number of nitro groups is 1. The maximum absolute atomic E-state index is 12.3. The van der Waals surface area contributed by atoms with Crippen LogP contribution in [0.2, 0.25) is 0 Å². The lowest BCUT2D eigenvalue weighted by molar-refractivity contribution is -0.387. The fourth-order valence-corrected chi connectivity index (χ4v) is 3.16. The molecule has 0 unspecified atom stereocenters. The van der Waals surface area contributed by atoms with E-state index in [1.54, 1.807) is 24.3 Å². The van der Waals surface area contributed by atoms with E-state index in [1.165, 1.54) is 6.92 Å². The molecule has 0 aliphatic rings. The Morgan fingerprint density at radius 1 is 1.07 bits per heavy atom. The molecule has 2 aromatic rings. The van der Waals surface area contributed by atoms with E-state index in [0.717, 1.165) is 30.0 Å². The Morgan fingerprint density at radius 3 is 2.15 bits per heavy atom. The lowest BCUT2D eigenvalue weighted by Gasteiger charge is -2.13. The number of ether oxygens (including phenoxy) is 1. The van der Waals surface area contributed by atoms with Crippen molar-refractivity contribution in [2.45, 2.75) is 24.8 Å². The van der Waals surface area contributed by atoms with Crippen LogP contribution >= 0.6 is 0 Å². The molecular formula is C18H17NO7S. The molecule has 0 heterocycles. The molecule has 9 heteroatoms. The lowest BCUT2D eigenvalue weighted by Crippen LogP contribution is -2.24. The minimum absolute atomic E-state index is 0.224. The molecule has 0 amide bonds. The Balaban J connectivity index is 2.25. The molecule has 0 aliphatic heterocycles. The van der Waals surface area contributed by atoms with Crippen LogP contribution in [0.25, 0.3) is 0 Å². The molecule has 0 fully saturated rings. The Morgan fingerprint density at radius 2 is 1.63 bits per heavy atom. The average molecular weight is 391 g/mol. The highest BCUT2D eigenvalue weighted by Gasteiger charge is 2.26. The summed E-state index contributed by atoms with van der Waals surface area (Å²) in [4.78, 5) is 34.3. The first-order chi connectivity index (χ1) is 12.5. The van der Waals surface area contributed by atoms with Crippen LogP contribution in [0.4, 0.5) is 5.69 Å². The highest BCUT2D eigenvalue weighted by Crippen LogP contribution is 2.25. The molecule has 0 N–H and O–H groups in total. The van der Waals surface area contributed by atoms with Crippen molar-refractivity contribution in [2.24, 2.45) is 0 Å². The monoisotopic (exact) mass is 391 g/mol. The summed E-state index contributed by atoms with van der Waals surface area (Å²) in [5, 5.41) is 11.1. The third-order valence-corrected chi connectivity index (χ3v) is 4.92. The topological polar surface area (TPSA) is 121 Å². The summed E-state index contributed by atoms with van der Waals surface area (Å²) in [5.74, 6) is -1.39. The van der Waals surface area contributed by atoms with E-state index in [1.807, 2.05) is 6.92 Å². The SMILES string of the molecule is Cc1ccc(C(=O)[C@H](C)OC(=O)c2ccc(S(C)(=O)=O)c([N+](=O)[O-])c2)cc1. The molecule has 0 bridgehead atoms. The Labute approximate surface area is 155 Å². The molecule has 0 aliphatic carbocycles. The first kappa shape index (κ1) is 20.2. The number of nitro benzene ring substituents is 1. The molecule has 0 saturated heterocycles. The zero-order valence-corrected chi connectivity index (χ0v) is 15.6. The number of hydrogen-bond donors (Lipinski definition) is 0. The van der Waals surface area contributed by atoms with Gasteiger partial charge in [-0.2, -0.15) is 0 Å². The van der Waals surface area contributed by atoms with E-state index in [0.29, 0.717) is 5.56 Å². The molecule has 1 atom stereocenters. The molecule has 0 aromatic heterocycles. The molecule has 2 aromatic carbocycles. The second kappa shape index (κ2) is 7.67. The van der Waals surface area contributed by atoms with Crippen molar-refractivity contribution in [1.82, 2.24) is 0 Å². The van der Waals surface area contributed by atoms with Gasteiger partial charge in [-0.1, -0.05) is 29.8 Å². The van der Waals surface area contributed by atoms with Gasteiger partial charge in [-0.15, -0.1) is 0 Å². The van der Waals surface area contributed by atoms with E-state index in [9.17, 15) is 28.1 Å². The predicted octanol–water partition coefficient (Wildman–Crippen LogP) is 2.73. The first-order valence-electron chi connectivity index (χ1n) is 7.81. The number of nitrogens with zero attached hydrogens (tertiary/aromatic N) is 1. The quantitative estimate of drug-likeness (QED) is 0.321. The summed E-state index contributed by atoms with van der Waals surface area (Å²) in [5.41, 5.74) is 0.371. The van der Waals surface area contributed by atoms with Crippen molar-refractivity contribution in [3.05, 3.63) is 69.3 Å². The molecule has 2 rings (SSSR count). The summed E-state index contributed by atoms with van der Waals surface area (Å²) >= 11 is 0. The van der Waals surface area contributed by atoms with E-state index < -0.39 is 43.2 Å². The summed E-state index contributed by atoms with van der Waals surface area (Å²) in [7, 11) is -3.84. The lowest BCUT2D eigenvalue weighted by atomic mass is 10.1. The van der Waals surface area contributed by atoms with Gasteiger partial charge in [0, 0.05) is 17.9 Å². The standard InChI is InChI=1S/C18H17NO7S/c1-11-4-6-13(7-5-11)17(20)12(2)26-18(21)14-8-9-16(27(3,24)25)15(10-14)19(22)23/h4-10,12H,1-3H3/t12-/m0/s1.